The molecule has 92 valence electrons. The van der Waals surface area contributed by atoms with Gasteiger partial charge in [0.2, 0.25) is 5.91 Å². The van der Waals surface area contributed by atoms with Crippen LogP contribution in [-0.2, 0) is 4.79 Å². The molecule has 3 N–H and O–H groups in total. The van der Waals surface area contributed by atoms with Gasteiger partial charge in [-0.2, -0.15) is 0 Å². The van der Waals surface area contributed by atoms with E-state index in [1.165, 1.54) is 19.3 Å². The summed E-state index contributed by atoms with van der Waals surface area (Å²) in [5.74, 6) is 0.132. The molecule has 0 radical (unpaired) electrons. The highest BCUT2D eigenvalue weighted by Gasteiger charge is 2.40. The highest BCUT2D eigenvalue weighted by atomic mass is 16.2. The summed E-state index contributed by atoms with van der Waals surface area (Å²) < 4.78 is 0. The van der Waals surface area contributed by atoms with Crippen LogP contribution in [0.15, 0.2) is 0 Å². The molecule has 16 heavy (non-hydrogen) atoms. The summed E-state index contributed by atoms with van der Waals surface area (Å²) in [4.78, 5) is 14.1. The van der Waals surface area contributed by atoms with Gasteiger partial charge in [0.05, 0.1) is 6.04 Å². The Balaban J connectivity index is 2.11. The van der Waals surface area contributed by atoms with Crippen LogP contribution in [0.5, 0.6) is 0 Å². The van der Waals surface area contributed by atoms with Crippen molar-refractivity contribution in [2.24, 2.45) is 5.73 Å². The topological polar surface area (TPSA) is 58.4 Å². The number of likely N-dealkylation sites (N-methyl/N-ethyl adjacent to an activating group) is 1. The largest absolute Gasteiger partial charge is 0.358 e. The van der Waals surface area contributed by atoms with Crippen LogP contribution >= 0.6 is 0 Å². The van der Waals surface area contributed by atoms with Gasteiger partial charge in [0.25, 0.3) is 0 Å². The lowest BCUT2D eigenvalue weighted by Gasteiger charge is -2.50. The van der Waals surface area contributed by atoms with Crippen molar-refractivity contribution in [1.82, 2.24) is 10.2 Å². The SMILES string of the molecule is CNC(=O)C(C)N1C2CCCC1CC(N)C2. The van der Waals surface area contributed by atoms with E-state index in [2.05, 4.69) is 10.2 Å². The van der Waals surface area contributed by atoms with E-state index in [-0.39, 0.29) is 11.9 Å². The highest BCUT2D eigenvalue weighted by Crippen LogP contribution is 2.34. The first-order chi connectivity index (χ1) is 7.63. The summed E-state index contributed by atoms with van der Waals surface area (Å²) >= 11 is 0. The number of amides is 1. The summed E-state index contributed by atoms with van der Waals surface area (Å²) in [7, 11) is 1.71. The van der Waals surface area contributed by atoms with Crippen LogP contribution in [0.3, 0.4) is 0 Å². The van der Waals surface area contributed by atoms with Crippen molar-refractivity contribution in [1.29, 1.82) is 0 Å². The van der Waals surface area contributed by atoms with Crippen LogP contribution in [0.4, 0.5) is 0 Å². The van der Waals surface area contributed by atoms with Crippen molar-refractivity contribution in [3.63, 3.8) is 0 Å². The molecule has 3 unspecified atom stereocenters. The van der Waals surface area contributed by atoms with Gasteiger partial charge in [0.1, 0.15) is 0 Å². The summed E-state index contributed by atoms with van der Waals surface area (Å²) in [6.45, 7) is 2.01. The van der Waals surface area contributed by atoms with Gasteiger partial charge in [-0.1, -0.05) is 6.42 Å². The smallest absolute Gasteiger partial charge is 0.236 e. The van der Waals surface area contributed by atoms with E-state index >= 15 is 0 Å². The number of fused-ring (bicyclic) bond motifs is 2. The van der Waals surface area contributed by atoms with Crippen LogP contribution in [-0.4, -0.2) is 42.0 Å². The third-order valence-electron chi connectivity index (χ3n) is 4.14. The van der Waals surface area contributed by atoms with E-state index < -0.39 is 0 Å². The number of nitrogens with two attached hydrogens (primary N) is 1. The maximum Gasteiger partial charge on any atom is 0.236 e. The first-order valence-corrected chi connectivity index (χ1v) is 6.38. The number of carbonyl (C=O) groups excluding carboxylic acids is 1. The number of piperidine rings is 2. The minimum absolute atomic E-state index is 0.00667. The molecular weight excluding hydrogens is 202 g/mol. The maximum absolute atomic E-state index is 11.7. The van der Waals surface area contributed by atoms with Gasteiger partial charge in [0.15, 0.2) is 0 Å². The Morgan fingerprint density at radius 3 is 2.44 bits per heavy atom. The minimum atomic E-state index is -0.00667. The fraction of sp³-hybridized carbons (Fsp3) is 0.917. The second kappa shape index (κ2) is 4.72. The summed E-state index contributed by atoms with van der Waals surface area (Å²) in [6, 6.07) is 1.38. The van der Waals surface area contributed by atoms with Crippen molar-refractivity contribution >= 4 is 5.91 Å². The molecule has 0 spiro atoms. The highest BCUT2D eigenvalue weighted by molar-refractivity contribution is 5.81. The Morgan fingerprint density at radius 2 is 1.94 bits per heavy atom. The van der Waals surface area contributed by atoms with Crippen molar-refractivity contribution in [2.45, 2.75) is 63.2 Å². The Labute approximate surface area is 97.6 Å². The van der Waals surface area contributed by atoms with Crippen LogP contribution in [0.2, 0.25) is 0 Å². The molecule has 3 atom stereocenters. The maximum atomic E-state index is 11.7. The number of hydrogen-bond acceptors (Lipinski definition) is 3. The zero-order valence-corrected chi connectivity index (χ0v) is 10.3. The van der Waals surface area contributed by atoms with Crippen molar-refractivity contribution < 1.29 is 4.79 Å². The molecule has 0 aromatic heterocycles. The Kier molecular flexibility index (Phi) is 3.50. The number of carbonyl (C=O) groups is 1. The van der Waals surface area contributed by atoms with Crippen LogP contribution in [0.25, 0.3) is 0 Å². The fourth-order valence-electron chi connectivity index (χ4n) is 3.44. The average Bonchev–Trinajstić information content (AvgIpc) is 2.25. The number of hydrogen-bond donors (Lipinski definition) is 2. The molecule has 0 saturated carbocycles. The first-order valence-electron chi connectivity index (χ1n) is 6.38. The summed E-state index contributed by atoms with van der Waals surface area (Å²) in [5.41, 5.74) is 6.07. The molecule has 2 saturated heterocycles. The van der Waals surface area contributed by atoms with Gasteiger partial charge in [-0.15, -0.1) is 0 Å². The van der Waals surface area contributed by atoms with Crippen LogP contribution in [0.1, 0.15) is 39.0 Å². The fourth-order valence-corrected chi connectivity index (χ4v) is 3.44. The molecular formula is C12H23N3O. The lowest BCUT2D eigenvalue weighted by atomic mass is 9.81. The number of nitrogens with zero attached hydrogens (tertiary/aromatic N) is 1. The molecule has 0 aliphatic carbocycles. The molecule has 4 heteroatoms. The van der Waals surface area contributed by atoms with E-state index in [9.17, 15) is 4.79 Å². The van der Waals surface area contributed by atoms with Crippen LogP contribution < -0.4 is 11.1 Å². The minimum Gasteiger partial charge on any atom is -0.358 e. The molecule has 2 aliphatic rings. The van der Waals surface area contributed by atoms with E-state index in [1.54, 1.807) is 7.05 Å². The van der Waals surface area contributed by atoms with Crippen molar-refractivity contribution in [2.75, 3.05) is 7.05 Å². The third-order valence-corrected chi connectivity index (χ3v) is 4.14. The quantitative estimate of drug-likeness (QED) is 0.718. The van der Waals surface area contributed by atoms with E-state index in [1.807, 2.05) is 6.92 Å². The predicted molar refractivity (Wildman–Crippen MR) is 64.0 cm³/mol. The lowest BCUT2D eigenvalue weighted by Crippen LogP contribution is -2.61. The molecule has 2 bridgehead atoms. The number of nitrogens with one attached hydrogen (secondary N) is 1. The van der Waals surface area contributed by atoms with E-state index in [4.69, 9.17) is 5.73 Å². The zero-order chi connectivity index (χ0) is 11.7. The lowest BCUT2D eigenvalue weighted by molar-refractivity contribution is -0.130. The van der Waals surface area contributed by atoms with E-state index in [0.717, 1.165) is 12.8 Å². The van der Waals surface area contributed by atoms with Gasteiger partial charge >= 0.3 is 0 Å². The standard InChI is InChI=1S/C12H23N3O/c1-8(12(16)14-2)15-10-4-3-5-11(15)7-9(13)6-10/h8-11H,3-7,13H2,1-2H3,(H,14,16). The molecule has 2 aliphatic heterocycles. The van der Waals surface area contributed by atoms with Gasteiger partial charge < -0.3 is 11.1 Å². The zero-order valence-electron chi connectivity index (χ0n) is 10.3. The molecule has 4 nitrogen and oxygen atoms in total. The van der Waals surface area contributed by atoms with Crippen molar-refractivity contribution in [3.05, 3.63) is 0 Å². The first kappa shape index (κ1) is 11.9. The molecule has 0 aromatic rings. The number of rotatable bonds is 2. The van der Waals surface area contributed by atoms with Gasteiger partial charge in [0, 0.05) is 25.2 Å². The van der Waals surface area contributed by atoms with Crippen molar-refractivity contribution in [3.8, 4) is 0 Å². The second-order valence-corrected chi connectivity index (χ2v) is 5.21. The van der Waals surface area contributed by atoms with Gasteiger partial charge in [-0.25, -0.2) is 0 Å². The van der Waals surface area contributed by atoms with E-state index in [0.29, 0.717) is 18.1 Å². The Bertz CT molecular complexity index is 255. The molecule has 0 aromatic carbocycles. The summed E-state index contributed by atoms with van der Waals surface area (Å²) in [6.07, 6.45) is 5.80. The summed E-state index contributed by atoms with van der Waals surface area (Å²) in [5, 5.41) is 2.75. The molecule has 2 heterocycles. The predicted octanol–water partition coefficient (Wildman–Crippen LogP) is 0.465. The Morgan fingerprint density at radius 1 is 1.38 bits per heavy atom. The second-order valence-electron chi connectivity index (χ2n) is 5.21. The molecule has 2 rings (SSSR count). The average molecular weight is 225 g/mol. The molecule has 1 amide bonds. The molecule has 2 fully saturated rings. The van der Waals surface area contributed by atoms with Gasteiger partial charge in [-0.05, 0) is 32.6 Å². The monoisotopic (exact) mass is 225 g/mol. The third kappa shape index (κ3) is 2.09. The normalized spacial score (nSPS) is 36.8. The van der Waals surface area contributed by atoms with Gasteiger partial charge in [-0.3, -0.25) is 9.69 Å². The Hall–Kier alpha value is -0.610. The van der Waals surface area contributed by atoms with Crippen LogP contribution in [0, 0.1) is 0 Å².